The van der Waals surface area contributed by atoms with Crippen LogP contribution in [0.25, 0.3) is 0 Å². The molecule has 3 N–H and O–H groups in total. The van der Waals surface area contributed by atoms with E-state index in [1.807, 2.05) is 0 Å². The minimum Gasteiger partial charge on any atom is -0.477 e. The lowest BCUT2D eigenvalue weighted by atomic mass is 10.1. The number of carbonyl (C=O) groups excluding carboxylic acids is 1. The molecule has 19 heavy (non-hydrogen) atoms. The van der Waals surface area contributed by atoms with E-state index in [9.17, 15) is 13.8 Å². The van der Waals surface area contributed by atoms with E-state index in [-0.39, 0.29) is 17.6 Å². The number of nitrogens with one attached hydrogen (secondary N) is 2. The minimum absolute atomic E-state index is 0.0226. The Labute approximate surface area is 114 Å². The number of aromatic carboxylic acids is 1. The van der Waals surface area contributed by atoms with Gasteiger partial charge >= 0.3 is 5.97 Å². The molecule has 1 aromatic heterocycles. The Kier molecular flexibility index (Phi) is 4.88. The van der Waals surface area contributed by atoms with E-state index in [1.54, 1.807) is 27.0 Å². The molecular formula is C12H18N2O4S. The molecule has 1 heterocycles. The van der Waals surface area contributed by atoms with E-state index in [0.29, 0.717) is 22.6 Å². The first kappa shape index (κ1) is 15.4. The lowest BCUT2D eigenvalue weighted by Crippen LogP contribution is -2.36. The summed E-state index contributed by atoms with van der Waals surface area (Å²) in [5, 5.41) is 11.7. The summed E-state index contributed by atoms with van der Waals surface area (Å²) in [5.74, 6) is -1.08. The number of carboxylic acid groups (broad SMARTS) is 1. The first-order chi connectivity index (χ1) is 8.73. The van der Waals surface area contributed by atoms with Gasteiger partial charge in [0.1, 0.15) is 5.69 Å². The molecule has 1 amide bonds. The number of hydrogen-bond donors (Lipinski definition) is 3. The Bertz CT molecular complexity index is 536. The van der Waals surface area contributed by atoms with E-state index < -0.39 is 16.8 Å². The van der Waals surface area contributed by atoms with Gasteiger partial charge in [-0.05, 0) is 26.3 Å². The van der Waals surface area contributed by atoms with Crippen molar-refractivity contribution < 1.29 is 18.9 Å². The summed E-state index contributed by atoms with van der Waals surface area (Å²) in [6.45, 7) is 5.00. The van der Waals surface area contributed by atoms with Crippen LogP contribution >= 0.6 is 0 Å². The van der Waals surface area contributed by atoms with Crippen LogP contribution in [0.2, 0.25) is 0 Å². The fourth-order valence-electron chi connectivity index (χ4n) is 1.99. The summed E-state index contributed by atoms with van der Waals surface area (Å²) >= 11 is 0. The Morgan fingerprint density at radius 1 is 1.42 bits per heavy atom. The van der Waals surface area contributed by atoms with Crippen molar-refractivity contribution >= 4 is 22.7 Å². The molecule has 1 rings (SSSR count). The third-order valence-electron chi connectivity index (χ3n) is 2.74. The van der Waals surface area contributed by atoms with Crippen LogP contribution in [0, 0.1) is 13.8 Å². The maximum absolute atomic E-state index is 12.1. The van der Waals surface area contributed by atoms with E-state index in [4.69, 9.17) is 5.11 Å². The Morgan fingerprint density at radius 3 is 2.42 bits per heavy atom. The van der Waals surface area contributed by atoms with Crippen LogP contribution in [-0.2, 0) is 10.8 Å². The number of hydrogen-bond acceptors (Lipinski definition) is 3. The monoisotopic (exact) mass is 286 g/mol. The molecule has 2 atom stereocenters. The summed E-state index contributed by atoms with van der Waals surface area (Å²) in [5.41, 5.74) is 1.28. The van der Waals surface area contributed by atoms with Crippen LogP contribution in [0.3, 0.4) is 0 Å². The van der Waals surface area contributed by atoms with Crippen molar-refractivity contribution in [3.63, 3.8) is 0 Å². The van der Waals surface area contributed by atoms with Gasteiger partial charge in [0.05, 0.1) is 5.56 Å². The average molecular weight is 286 g/mol. The fraction of sp³-hybridized carbons (Fsp3) is 0.500. The maximum Gasteiger partial charge on any atom is 0.352 e. The van der Waals surface area contributed by atoms with E-state index >= 15 is 0 Å². The van der Waals surface area contributed by atoms with Gasteiger partial charge in [0.15, 0.2) is 0 Å². The van der Waals surface area contributed by atoms with E-state index in [0.717, 1.165) is 0 Å². The molecule has 0 radical (unpaired) electrons. The summed E-state index contributed by atoms with van der Waals surface area (Å²) in [4.78, 5) is 25.8. The lowest BCUT2D eigenvalue weighted by molar-refractivity contribution is 0.0690. The van der Waals surface area contributed by atoms with Crippen molar-refractivity contribution in [2.75, 3.05) is 12.0 Å². The number of H-pyrrole nitrogens is 1. The number of carboxylic acids is 1. The van der Waals surface area contributed by atoms with Gasteiger partial charge < -0.3 is 15.4 Å². The maximum atomic E-state index is 12.1. The van der Waals surface area contributed by atoms with Gasteiger partial charge in [-0.15, -0.1) is 0 Å². The predicted molar refractivity (Wildman–Crippen MR) is 73.1 cm³/mol. The molecule has 0 aliphatic carbocycles. The predicted octanol–water partition coefficient (Wildman–Crippen LogP) is 0.827. The van der Waals surface area contributed by atoms with Gasteiger partial charge in [-0.3, -0.25) is 9.00 Å². The molecule has 0 aliphatic rings. The van der Waals surface area contributed by atoms with Crippen LogP contribution in [0.4, 0.5) is 0 Å². The highest BCUT2D eigenvalue weighted by Gasteiger charge is 2.22. The van der Waals surface area contributed by atoms with Gasteiger partial charge in [0, 0.05) is 34.5 Å². The van der Waals surface area contributed by atoms with Gasteiger partial charge in [0.2, 0.25) is 0 Å². The van der Waals surface area contributed by atoms with Gasteiger partial charge in [-0.2, -0.15) is 0 Å². The van der Waals surface area contributed by atoms with Crippen molar-refractivity contribution in [2.45, 2.75) is 26.8 Å². The molecule has 0 bridgehead atoms. The summed E-state index contributed by atoms with van der Waals surface area (Å²) < 4.78 is 11.1. The topological polar surface area (TPSA) is 99.3 Å². The Hall–Kier alpha value is -1.63. The summed E-state index contributed by atoms with van der Waals surface area (Å²) in [6.07, 6.45) is 1.57. The average Bonchev–Trinajstić information content (AvgIpc) is 2.52. The molecule has 2 unspecified atom stereocenters. The third-order valence-corrected chi connectivity index (χ3v) is 3.71. The van der Waals surface area contributed by atoms with Gasteiger partial charge in [0.25, 0.3) is 5.91 Å². The molecule has 106 valence electrons. The van der Waals surface area contributed by atoms with Crippen LogP contribution in [-0.4, -0.2) is 44.2 Å². The first-order valence-electron chi connectivity index (χ1n) is 5.77. The molecule has 0 saturated heterocycles. The number of aryl methyl sites for hydroxylation is 1. The molecule has 1 aromatic rings. The van der Waals surface area contributed by atoms with Crippen LogP contribution < -0.4 is 5.32 Å². The molecule has 7 heteroatoms. The third kappa shape index (κ3) is 3.66. The van der Waals surface area contributed by atoms with Gasteiger partial charge in [-0.25, -0.2) is 4.79 Å². The number of carbonyl (C=O) groups is 2. The van der Waals surface area contributed by atoms with Crippen LogP contribution in [0.5, 0.6) is 0 Å². The molecule has 0 fully saturated rings. The first-order valence-corrected chi connectivity index (χ1v) is 7.50. The van der Waals surface area contributed by atoms with Crippen molar-refractivity contribution in [2.24, 2.45) is 0 Å². The van der Waals surface area contributed by atoms with Crippen molar-refractivity contribution in [3.05, 3.63) is 22.5 Å². The smallest absolute Gasteiger partial charge is 0.352 e. The van der Waals surface area contributed by atoms with E-state index in [2.05, 4.69) is 10.3 Å². The summed E-state index contributed by atoms with van der Waals surface area (Å²) in [7, 11) is -0.998. The number of amides is 1. The zero-order chi connectivity index (χ0) is 14.7. The molecule has 6 nitrogen and oxygen atoms in total. The van der Waals surface area contributed by atoms with Crippen LogP contribution in [0.15, 0.2) is 0 Å². The standard InChI is InChI=1S/C12H18N2O4S/c1-6(5-19(4)18)13-11(15)9-7(2)10(12(16)17)14-8(9)3/h6,14H,5H2,1-4H3,(H,13,15)(H,16,17). The SMILES string of the molecule is Cc1[nH]c(C(=O)O)c(C)c1C(=O)NC(C)CS(C)=O. The minimum atomic E-state index is -1.10. The normalized spacial score (nSPS) is 13.9. The highest BCUT2D eigenvalue weighted by Crippen LogP contribution is 2.17. The summed E-state index contributed by atoms with van der Waals surface area (Å²) in [6, 6.07) is -0.236. The molecule has 0 aromatic carbocycles. The highest BCUT2D eigenvalue weighted by molar-refractivity contribution is 7.84. The lowest BCUT2D eigenvalue weighted by Gasteiger charge is -2.12. The van der Waals surface area contributed by atoms with Crippen LogP contribution in [0.1, 0.15) is 39.0 Å². The number of aromatic nitrogens is 1. The number of rotatable bonds is 5. The largest absolute Gasteiger partial charge is 0.477 e. The highest BCUT2D eigenvalue weighted by atomic mass is 32.2. The molecule has 0 aliphatic heterocycles. The van der Waals surface area contributed by atoms with Crippen molar-refractivity contribution in [1.29, 1.82) is 0 Å². The van der Waals surface area contributed by atoms with Crippen molar-refractivity contribution in [1.82, 2.24) is 10.3 Å². The molecular weight excluding hydrogens is 268 g/mol. The second-order valence-corrected chi connectivity index (χ2v) is 6.02. The Morgan fingerprint density at radius 2 is 2.00 bits per heavy atom. The van der Waals surface area contributed by atoms with Gasteiger partial charge in [-0.1, -0.05) is 0 Å². The second-order valence-electron chi connectivity index (χ2n) is 4.54. The number of aromatic amines is 1. The fourth-order valence-corrected chi connectivity index (χ4v) is 2.78. The zero-order valence-corrected chi connectivity index (χ0v) is 12.2. The molecule has 0 spiro atoms. The van der Waals surface area contributed by atoms with E-state index in [1.165, 1.54) is 0 Å². The second kappa shape index (κ2) is 6.01. The molecule has 0 saturated carbocycles. The Balaban J connectivity index is 2.94. The quantitative estimate of drug-likeness (QED) is 0.746. The van der Waals surface area contributed by atoms with Crippen molar-refractivity contribution in [3.8, 4) is 0 Å². The zero-order valence-electron chi connectivity index (χ0n) is 11.4.